The number of carbonyl (C=O) groups excluding carboxylic acids is 1. The molecule has 0 amide bonds. The quantitative estimate of drug-likeness (QED) is 0.664. The molecule has 1 N–H and O–H groups in total. The van der Waals surface area contributed by atoms with Crippen molar-refractivity contribution in [3.8, 4) is 0 Å². The van der Waals surface area contributed by atoms with E-state index in [9.17, 15) is 4.79 Å². The van der Waals surface area contributed by atoms with Crippen LogP contribution < -0.4 is 5.32 Å². The van der Waals surface area contributed by atoms with Crippen LogP contribution >= 0.6 is 11.8 Å². The Kier molecular flexibility index (Phi) is 5.28. The third-order valence-corrected chi connectivity index (χ3v) is 4.39. The average molecular weight is 279 g/mol. The minimum Gasteiger partial charge on any atom is -0.468 e. The van der Waals surface area contributed by atoms with E-state index in [0.29, 0.717) is 6.04 Å². The van der Waals surface area contributed by atoms with Crippen molar-refractivity contribution < 1.29 is 9.53 Å². The van der Waals surface area contributed by atoms with Crippen molar-refractivity contribution in [2.24, 2.45) is 0 Å². The Bertz CT molecular complexity index is 413. The number of nitrogens with one attached hydrogen (secondary N) is 1. The fourth-order valence-electron chi connectivity index (χ4n) is 2.54. The van der Waals surface area contributed by atoms with Crippen LogP contribution in [-0.4, -0.2) is 25.4 Å². The highest BCUT2D eigenvalue weighted by molar-refractivity contribution is 7.98. The standard InChI is InChI=1S/C15H21NO2S/c1-18-15(17)14(16-12-5-3-4-6-12)11-7-9-13(19-2)10-8-11/h7-10,12,14,16H,3-6H2,1-2H3. The smallest absolute Gasteiger partial charge is 0.327 e. The summed E-state index contributed by atoms with van der Waals surface area (Å²) in [5.74, 6) is -0.205. The molecule has 1 unspecified atom stereocenters. The fraction of sp³-hybridized carbons (Fsp3) is 0.533. The average Bonchev–Trinajstić information content (AvgIpc) is 2.97. The molecule has 3 nitrogen and oxygen atoms in total. The molecular weight excluding hydrogens is 258 g/mol. The van der Waals surface area contributed by atoms with Gasteiger partial charge in [-0.2, -0.15) is 0 Å². The summed E-state index contributed by atoms with van der Waals surface area (Å²) in [4.78, 5) is 13.2. The summed E-state index contributed by atoms with van der Waals surface area (Å²) < 4.78 is 4.93. The third kappa shape index (κ3) is 3.74. The lowest BCUT2D eigenvalue weighted by molar-refractivity contribution is -0.143. The maximum absolute atomic E-state index is 12.0. The Labute approximate surface area is 119 Å². The van der Waals surface area contributed by atoms with Gasteiger partial charge in [0.05, 0.1) is 7.11 Å². The number of carbonyl (C=O) groups is 1. The van der Waals surface area contributed by atoms with E-state index in [4.69, 9.17) is 4.74 Å². The zero-order chi connectivity index (χ0) is 13.7. The van der Waals surface area contributed by atoms with Crippen LogP contribution in [0.1, 0.15) is 37.3 Å². The van der Waals surface area contributed by atoms with Crippen molar-refractivity contribution in [1.29, 1.82) is 0 Å². The molecule has 1 aromatic rings. The van der Waals surface area contributed by atoms with Crippen molar-refractivity contribution in [1.82, 2.24) is 5.32 Å². The lowest BCUT2D eigenvalue weighted by Gasteiger charge is -2.21. The van der Waals surface area contributed by atoms with Crippen molar-refractivity contribution >= 4 is 17.7 Å². The number of ether oxygens (including phenoxy) is 1. The molecule has 1 fully saturated rings. The van der Waals surface area contributed by atoms with Gasteiger partial charge in [0.2, 0.25) is 0 Å². The molecule has 0 bridgehead atoms. The Morgan fingerprint density at radius 3 is 2.47 bits per heavy atom. The summed E-state index contributed by atoms with van der Waals surface area (Å²) in [6.07, 6.45) is 6.84. The first-order valence-corrected chi connectivity index (χ1v) is 7.95. The minimum absolute atomic E-state index is 0.205. The number of benzene rings is 1. The van der Waals surface area contributed by atoms with Crippen molar-refractivity contribution in [3.05, 3.63) is 29.8 Å². The molecule has 4 heteroatoms. The molecule has 1 aromatic carbocycles. The monoisotopic (exact) mass is 279 g/mol. The molecule has 0 saturated heterocycles. The van der Waals surface area contributed by atoms with Gasteiger partial charge < -0.3 is 4.74 Å². The largest absolute Gasteiger partial charge is 0.468 e. The van der Waals surface area contributed by atoms with Gasteiger partial charge in [-0.15, -0.1) is 11.8 Å². The van der Waals surface area contributed by atoms with Gasteiger partial charge in [0, 0.05) is 10.9 Å². The Morgan fingerprint density at radius 1 is 1.32 bits per heavy atom. The highest BCUT2D eigenvalue weighted by Crippen LogP contribution is 2.24. The molecule has 19 heavy (non-hydrogen) atoms. The van der Waals surface area contributed by atoms with Crippen LogP contribution in [0.4, 0.5) is 0 Å². The van der Waals surface area contributed by atoms with Crippen LogP contribution in [-0.2, 0) is 9.53 Å². The van der Waals surface area contributed by atoms with Crippen LogP contribution in [0.15, 0.2) is 29.2 Å². The molecule has 0 aliphatic heterocycles. The van der Waals surface area contributed by atoms with Crippen LogP contribution in [0, 0.1) is 0 Å². The van der Waals surface area contributed by atoms with E-state index in [-0.39, 0.29) is 12.0 Å². The van der Waals surface area contributed by atoms with Gasteiger partial charge in [-0.05, 0) is 36.8 Å². The number of thioether (sulfide) groups is 1. The highest BCUT2D eigenvalue weighted by atomic mass is 32.2. The zero-order valence-corrected chi connectivity index (χ0v) is 12.3. The fourth-order valence-corrected chi connectivity index (χ4v) is 2.95. The van der Waals surface area contributed by atoms with Gasteiger partial charge in [0.15, 0.2) is 0 Å². The second-order valence-corrected chi connectivity index (χ2v) is 5.76. The maximum Gasteiger partial charge on any atom is 0.327 e. The van der Waals surface area contributed by atoms with Crippen molar-refractivity contribution in [2.45, 2.75) is 42.7 Å². The molecule has 1 aliphatic rings. The van der Waals surface area contributed by atoms with Crippen molar-refractivity contribution in [2.75, 3.05) is 13.4 Å². The molecular formula is C15H21NO2S. The summed E-state index contributed by atoms with van der Waals surface area (Å²) in [6.45, 7) is 0. The van der Waals surface area contributed by atoms with E-state index in [1.807, 2.05) is 30.5 Å². The summed E-state index contributed by atoms with van der Waals surface area (Å²) in [5.41, 5.74) is 0.983. The molecule has 2 rings (SSSR count). The molecule has 1 aliphatic carbocycles. The highest BCUT2D eigenvalue weighted by Gasteiger charge is 2.26. The van der Waals surface area contributed by atoms with Gasteiger partial charge in [-0.3, -0.25) is 5.32 Å². The lowest BCUT2D eigenvalue weighted by atomic mass is 10.1. The van der Waals surface area contributed by atoms with Crippen LogP contribution in [0.3, 0.4) is 0 Å². The van der Waals surface area contributed by atoms with Gasteiger partial charge >= 0.3 is 5.97 Å². The van der Waals surface area contributed by atoms with Crippen LogP contribution in [0.2, 0.25) is 0 Å². The van der Waals surface area contributed by atoms with E-state index in [1.54, 1.807) is 11.8 Å². The predicted molar refractivity (Wildman–Crippen MR) is 78.4 cm³/mol. The molecule has 0 radical (unpaired) electrons. The van der Waals surface area contributed by atoms with Gasteiger partial charge in [0.25, 0.3) is 0 Å². The predicted octanol–water partition coefficient (Wildman–Crippen LogP) is 3.15. The Balaban J connectivity index is 2.12. The number of hydrogen-bond acceptors (Lipinski definition) is 4. The van der Waals surface area contributed by atoms with Crippen LogP contribution in [0.5, 0.6) is 0 Å². The van der Waals surface area contributed by atoms with Crippen LogP contribution in [0.25, 0.3) is 0 Å². The molecule has 104 valence electrons. The van der Waals surface area contributed by atoms with E-state index in [0.717, 1.165) is 18.4 Å². The number of methoxy groups -OCH3 is 1. The topological polar surface area (TPSA) is 38.3 Å². The number of rotatable bonds is 5. The molecule has 1 atom stereocenters. The molecule has 0 aromatic heterocycles. The zero-order valence-electron chi connectivity index (χ0n) is 11.5. The normalized spacial score (nSPS) is 17.4. The first-order chi connectivity index (χ1) is 9.24. The lowest BCUT2D eigenvalue weighted by Crippen LogP contribution is -2.36. The van der Waals surface area contributed by atoms with E-state index in [1.165, 1.54) is 24.8 Å². The van der Waals surface area contributed by atoms with E-state index >= 15 is 0 Å². The molecule has 0 heterocycles. The first-order valence-electron chi connectivity index (χ1n) is 6.72. The SMILES string of the molecule is COC(=O)C(NC1CCCC1)c1ccc(SC)cc1. The van der Waals surface area contributed by atoms with Gasteiger partial charge in [0.1, 0.15) is 6.04 Å². The Hall–Kier alpha value is -1.00. The first kappa shape index (κ1) is 14.4. The third-order valence-electron chi connectivity index (χ3n) is 3.64. The summed E-state index contributed by atoms with van der Waals surface area (Å²) >= 11 is 1.70. The number of hydrogen-bond donors (Lipinski definition) is 1. The van der Waals surface area contributed by atoms with Crippen molar-refractivity contribution in [3.63, 3.8) is 0 Å². The summed E-state index contributed by atoms with van der Waals surface area (Å²) in [6, 6.07) is 8.21. The maximum atomic E-state index is 12.0. The minimum atomic E-state index is -0.344. The summed E-state index contributed by atoms with van der Waals surface area (Å²) in [7, 11) is 1.45. The van der Waals surface area contributed by atoms with E-state index in [2.05, 4.69) is 5.32 Å². The van der Waals surface area contributed by atoms with E-state index < -0.39 is 0 Å². The van der Waals surface area contributed by atoms with Gasteiger partial charge in [-0.25, -0.2) is 4.79 Å². The Morgan fingerprint density at radius 2 is 1.95 bits per heavy atom. The second kappa shape index (κ2) is 6.96. The summed E-state index contributed by atoms with van der Waals surface area (Å²) in [5, 5.41) is 3.44. The van der Waals surface area contributed by atoms with Gasteiger partial charge in [-0.1, -0.05) is 25.0 Å². The molecule has 0 spiro atoms. The molecule has 1 saturated carbocycles. The second-order valence-electron chi connectivity index (χ2n) is 4.88. The number of esters is 1.